The number of hydrogen-bond donors (Lipinski definition) is 3. The highest BCUT2D eigenvalue weighted by Crippen LogP contribution is 2.29. The third-order valence-electron chi connectivity index (χ3n) is 6.66. The summed E-state index contributed by atoms with van der Waals surface area (Å²) in [7, 11) is 0. The number of amides is 3. The van der Waals surface area contributed by atoms with Gasteiger partial charge in [0, 0.05) is 43.2 Å². The number of piperidine rings is 2. The van der Waals surface area contributed by atoms with Crippen molar-refractivity contribution in [2.75, 3.05) is 0 Å². The van der Waals surface area contributed by atoms with Crippen LogP contribution < -0.4 is 16.0 Å². The van der Waals surface area contributed by atoms with E-state index >= 15 is 0 Å². The molecule has 1 aromatic rings. The maximum absolute atomic E-state index is 12.9. The Morgan fingerprint density at radius 3 is 2.61 bits per heavy atom. The van der Waals surface area contributed by atoms with Crippen LogP contribution in [0.15, 0.2) is 18.2 Å². The molecule has 4 heterocycles. The Balaban J connectivity index is 1.24. The predicted octanol–water partition coefficient (Wildman–Crippen LogP) is 0.820. The van der Waals surface area contributed by atoms with Crippen LogP contribution in [-0.2, 0) is 22.7 Å². The number of imide groups is 1. The number of rotatable bonds is 4. The zero-order valence-corrected chi connectivity index (χ0v) is 15.9. The lowest BCUT2D eigenvalue weighted by atomic mass is 9.99. The standard InChI is InChI=1S/C21H26N4O3/c26-19-6-5-18(20(27)24-19)25-11-13-2-1-12(7-17(13)21(25)28)10-22-16-8-14-3-4-15(9-16)23-14/h1-2,7,14-16,18,22-23H,3-6,8-11H2,(H,24,26,27). The van der Waals surface area contributed by atoms with Gasteiger partial charge in [-0.25, -0.2) is 0 Å². The Labute approximate surface area is 164 Å². The van der Waals surface area contributed by atoms with Gasteiger partial charge in [0.1, 0.15) is 6.04 Å². The van der Waals surface area contributed by atoms with Crippen LogP contribution in [0.2, 0.25) is 0 Å². The Hall–Kier alpha value is -2.25. The molecule has 1 aromatic carbocycles. The molecule has 3 N–H and O–H groups in total. The van der Waals surface area contributed by atoms with Crippen molar-refractivity contribution in [1.82, 2.24) is 20.9 Å². The molecule has 0 saturated carbocycles. The highest BCUT2D eigenvalue weighted by molar-refractivity contribution is 6.05. The zero-order chi connectivity index (χ0) is 19.3. The van der Waals surface area contributed by atoms with Gasteiger partial charge >= 0.3 is 0 Å². The van der Waals surface area contributed by atoms with E-state index in [1.54, 1.807) is 4.90 Å². The SMILES string of the molecule is O=C1CCC(N2Cc3ccc(CNC4CC5CCC(C4)N5)cc3C2=O)C(=O)N1. The summed E-state index contributed by atoms with van der Waals surface area (Å²) in [5, 5.41) is 9.67. The summed E-state index contributed by atoms with van der Waals surface area (Å²) in [6.45, 7) is 1.19. The fourth-order valence-electron chi connectivity index (χ4n) is 5.20. The summed E-state index contributed by atoms with van der Waals surface area (Å²) in [6, 6.07) is 7.32. The second-order valence-electron chi connectivity index (χ2n) is 8.58. The summed E-state index contributed by atoms with van der Waals surface area (Å²) in [5.74, 6) is -0.726. The van der Waals surface area contributed by atoms with Crippen LogP contribution >= 0.6 is 0 Å². The molecule has 3 saturated heterocycles. The van der Waals surface area contributed by atoms with Crippen molar-refractivity contribution in [3.63, 3.8) is 0 Å². The van der Waals surface area contributed by atoms with E-state index in [9.17, 15) is 14.4 Å². The van der Waals surface area contributed by atoms with Gasteiger partial charge in [-0.2, -0.15) is 0 Å². The highest BCUT2D eigenvalue weighted by atomic mass is 16.2. The fraction of sp³-hybridized carbons (Fsp3) is 0.571. The second kappa shape index (κ2) is 6.97. The number of nitrogens with zero attached hydrogens (tertiary/aromatic N) is 1. The lowest BCUT2D eigenvalue weighted by molar-refractivity contribution is -0.136. The molecular formula is C21H26N4O3. The molecule has 3 fully saturated rings. The summed E-state index contributed by atoms with van der Waals surface area (Å²) in [5.41, 5.74) is 2.75. The summed E-state index contributed by atoms with van der Waals surface area (Å²) < 4.78 is 0. The maximum atomic E-state index is 12.9. The molecule has 4 aliphatic heterocycles. The Bertz CT molecular complexity index is 827. The molecule has 3 unspecified atom stereocenters. The molecule has 4 aliphatic rings. The minimum atomic E-state index is -0.551. The topological polar surface area (TPSA) is 90.5 Å². The number of nitrogens with one attached hydrogen (secondary N) is 3. The van der Waals surface area contributed by atoms with Crippen LogP contribution in [-0.4, -0.2) is 46.8 Å². The summed E-state index contributed by atoms with van der Waals surface area (Å²) >= 11 is 0. The van der Waals surface area contributed by atoms with Crippen molar-refractivity contribution in [2.24, 2.45) is 0 Å². The smallest absolute Gasteiger partial charge is 0.255 e. The molecule has 3 atom stereocenters. The van der Waals surface area contributed by atoms with Gasteiger partial charge in [0.15, 0.2) is 0 Å². The molecule has 28 heavy (non-hydrogen) atoms. The van der Waals surface area contributed by atoms with Crippen molar-refractivity contribution in [1.29, 1.82) is 0 Å². The van der Waals surface area contributed by atoms with Crippen molar-refractivity contribution in [2.45, 2.75) is 75.8 Å². The molecule has 7 heteroatoms. The van der Waals surface area contributed by atoms with Crippen molar-refractivity contribution in [3.05, 3.63) is 34.9 Å². The highest BCUT2D eigenvalue weighted by Gasteiger charge is 2.39. The van der Waals surface area contributed by atoms with E-state index in [0.717, 1.165) is 17.7 Å². The van der Waals surface area contributed by atoms with E-state index in [1.165, 1.54) is 25.7 Å². The van der Waals surface area contributed by atoms with E-state index in [2.05, 4.69) is 22.0 Å². The molecule has 148 valence electrons. The van der Waals surface area contributed by atoms with Crippen LogP contribution in [0.1, 0.15) is 60.0 Å². The lowest BCUT2D eigenvalue weighted by Crippen LogP contribution is -2.52. The minimum Gasteiger partial charge on any atom is -0.322 e. The molecule has 0 aliphatic carbocycles. The van der Waals surface area contributed by atoms with Gasteiger partial charge in [-0.15, -0.1) is 0 Å². The third kappa shape index (κ3) is 3.22. The van der Waals surface area contributed by atoms with Gasteiger partial charge in [0.2, 0.25) is 11.8 Å². The molecule has 0 aromatic heterocycles. The van der Waals surface area contributed by atoms with Gasteiger partial charge in [-0.05, 0) is 49.3 Å². The van der Waals surface area contributed by atoms with Crippen molar-refractivity contribution in [3.8, 4) is 0 Å². The van der Waals surface area contributed by atoms with Crippen molar-refractivity contribution < 1.29 is 14.4 Å². The average Bonchev–Trinajstić information content (AvgIpc) is 3.19. The molecule has 0 spiro atoms. The molecule has 0 radical (unpaired) electrons. The second-order valence-corrected chi connectivity index (χ2v) is 8.58. The Morgan fingerprint density at radius 1 is 1.07 bits per heavy atom. The monoisotopic (exact) mass is 382 g/mol. The number of benzene rings is 1. The van der Waals surface area contributed by atoms with E-state index in [4.69, 9.17) is 0 Å². The molecule has 3 amide bonds. The van der Waals surface area contributed by atoms with E-state index in [0.29, 0.717) is 36.7 Å². The van der Waals surface area contributed by atoms with Gasteiger partial charge in [-0.3, -0.25) is 19.7 Å². The first kappa shape index (κ1) is 17.8. The van der Waals surface area contributed by atoms with Crippen LogP contribution in [0.25, 0.3) is 0 Å². The van der Waals surface area contributed by atoms with Gasteiger partial charge in [0.05, 0.1) is 0 Å². The molecular weight excluding hydrogens is 356 g/mol. The van der Waals surface area contributed by atoms with Crippen LogP contribution in [0, 0.1) is 0 Å². The van der Waals surface area contributed by atoms with E-state index in [-0.39, 0.29) is 24.1 Å². The molecule has 7 nitrogen and oxygen atoms in total. The van der Waals surface area contributed by atoms with Gasteiger partial charge in [-0.1, -0.05) is 12.1 Å². The first-order valence-corrected chi connectivity index (χ1v) is 10.3. The minimum absolute atomic E-state index is 0.105. The fourth-order valence-corrected chi connectivity index (χ4v) is 5.20. The predicted molar refractivity (Wildman–Crippen MR) is 102 cm³/mol. The van der Waals surface area contributed by atoms with Crippen LogP contribution in [0.5, 0.6) is 0 Å². The normalized spacial score (nSPS) is 31.9. The average molecular weight is 382 g/mol. The summed E-state index contributed by atoms with van der Waals surface area (Å²) in [6.07, 6.45) is 5.59. The van der Waals surface area contributed by atoms with Crippen molar-refractivity contribution >= 4 is 17.7 Å². The number of fused-ring (bicyclic) bond motifs is 3. The number of hydrogen-bond acceptors (Lipinski definition) is 5. The van der Waals surface area contributed by atoms with E-state index < -0.39 is 6.04 Å². The zero-order valence-electron chi connectivity index (χ0n) is 15.9. The first-order chi connectivity index (χ1) is 13.6. The van der Waals surface area contributed by atoms with Crippen LogP contribution in [0.3, 0.4) is 0 Å². The maximum Gasteiger partial charge on any atom is 0.255 e. The Kier molecular flexibility index (Phi) is 4.44. The Morgan fingerprint density at radius 2 is 1.86 bits per heavy atom. The lowest BCUT2D eigenvalue weighted by Gasteiger charge is -2.30. The quantitative estimate of drug-likeness (QED) is 0.671. The third-order valence-corrected chi connectivity index (χ3v) is 6.66. The first-order valence-electron chi connectivity index (χ1n) is 10.3. The van der Waals surface area contributed by atoms with Gasteiger partial charge in [0.25, 0.3) is 5.91 Å². The number of carbonyl (C=O) groups is 3. The van der Waals surface area contributed by atoms with Crippen LogP contribution in [0.4, 0.5) is 0 Å². The molecule has 5 rings (SSSR count). The molecule has 2 bridgehead atoms. The van der Waals surface area contributed by atoms with Gasteiger partial charge < -0.3 is 15.5 Å². The number of carbonyl (C=O) groups excluding carboxylic acids is 3. The largest absolute Gasteiger partial charge is 0.322 e. The summed E-state index contributed by atoms with van der Waals surface area (Å²) in [4.78, 5) is 38.0. The van der Waals surface area contributed by atoms with E-state index in [1.807, 2.05) is 12.1 Å².